The fraction of sp³-hybridized carbons (Fsp3) is 0.308. The molecule has 86 valence electrons. The van der Waals surface area contributed by atoms with Gasteiger partial charge in [-0.2, -0.15) is 0 Å². The number of aliphatic hydroxyl groups is 1. The summed E-state index contributed by atoms with van der Waals surface area (Å²) in [6.45, 7) is 3.91. The zero-order valence-electron chi connectivity index (χ0n) is 9.47. The van der Waals surface area contributed by atoms with Crippen LogP contribution in [0.1, 0.15) is 30.9 Å². The minimum absolute atomic E-state index is 0.271. The van der Waals surface area contributed by atoms with Crippen molar-refractivity contribution in [2.24, 2.45) is 0 Å². The minimum atomic E-state index is -1.04. The lowest BCUT2D eigenvalue weighted by Gasteiger charge is -2.07. The van der Waals surface area contributed by atoms with Crippen LogP contribution in [0, 0.1) is 0 Å². The molecule has 3 heteroatoms. The van der Waals surface area contributed by atoms with E-state index in [1.807, 2.05) is 24.3 Å². The maximum absolute atomic E-state index is 10.5. The van der Waals surface area contributed by atoms with Crippen LogP contribution in [0.2, 0.25) is 0 Å². The Balaban J connectivity index is 3.00. The molecule has 0 bridgehead atoms. The molecule has 0 aliphatic rings. The summed E-state index contributed by atoms with van der Waals surface area (Å²) in [6, 6.07) is 7.57. The highest BCUT2D eigenvalue weighted by molar-refractivity contribution is 5.90. The molecule has 0 aliphatic heterocycles. The second-order valence-electron chi connectivity index (χ2n) is 3.94. The first-order valence-corrected chi connectivity index (χ1v) is 5.19. The molecule has 0 spiro atoms. The van der Waals surface area contributed by atoms with Crippen LogP contribution in [0.15, 0.2) is 30.3 Å². The number of rotatable bonds is 4. The molecule has 0 radical (unpaired) electrons. The molecule has 16 heavy (non-hydrogen) atoms. The van der Waals surface area contributed by atoms with Crippen molar-refractivity contribution in [2.75, 3.05) is 6.61 Å². The quantitative estimate of drug-likeness (QED) is 0.765. The largest absolute Gasteiger partial charge is 0.478 e. The lowest BCUT2D eigenvalue weighted by atomic mass is 9.99. The van der Waals surface area contributed by atoms with Crippen LogP contribution in [0.25, 0.3) is 5.57 Å². The van der Waals surface area contributed by atoms with Gasteiger partial charge in [0.2, 0.25) is 0 Å². The molecule has 0 aliphatic carbocycles. The van der Waals surface area contributed by atoms with E-state index in [9.17, 15) is 4.79 Å². The highest BCUT2D eigenvalue weighted by Crippen LogP contribution is 2.19. The maximum atomic E-state index is 10.5. The summed E-state index contributed by atoms with van der Waals surface area (Å²) in [5, 5.41) is 17.7. The number of aliphatic hydroxyl groups excluding tert-OH is 1. The van der Waals surface area contributed by atoms with E-state index in [0.29, 0.717) is 11.5 Å². The Kier molecular flexibility index (Phi) is 4.26. The lowest BCUT2D eigenvalue weighted by molar-refractivity contribution is -0.131. The number of aliphatic carboxylic acids is 1. The van der Waals surface area contributed by atoms with Crippen molar-refractivity contribution in [1.82, 2.24) is 0 Å². The fourth-order valence-electron chi connectivity index (χ4n) is 1.45. The molecule has 0 heterocycles. The Morgan fingerprint density at radius 1 is 1.31 bits per heavy atom. The normalized spacial score (nSPS) is 11.9. The Morgan fingerprint density at radius 3 is 2.25 bits per heavy atom. The molecule has 2 N–H and O–H groups in total. The molecule has 0 saturated carbocycles. The highest BCUT2D eigenvalue weighted by Gasteiger charge is 2.04. The smallest absolute Gasteiger partial charge is 0.328 e. The number of carboxylic acid groups (broad SMARTS) is 1. The average Bonchev–Trinajstić information content (AvgIpc) is 2.25. The van der Waals surface area contributed by atoms with Gasteiger partial charge in [-0.25, -0.2) is 4.79 Å². The summed E-state index contributed by atoms with van der Waals surface area (Å²) in [6.07, 6.45) is 1.03. The molecule has 1 aromatic carbocycles. The van der Waals surface area contributed by atoms with Gasteiger partial charge in [-0.1, -0.05) is 38.1 Å². The second-order valence-corrected chi connectivity index (χ2v) is 3.94. The maximum Gasteiger partial charge on any atom is 0.328 e. The summed E-state index contributed by atoms with van der Waals surface area (Å²) < 4.78 is 0. The van der Waals surface area contributed by atoms with Crippen molar-refractivity contribution in [3.8, 4) is 0 Å². The third kappa shape index (κ3) is 3.21. The molecule has 1 aromatic rings. The van der Waals surface area contributed by atoms with Crippen LogP contribution < -0.4 is 0 Å². The van der Waals surface area contributed by atoms with Crippen LogP contribution in [0.3, 0.4) is 0 Å². The molecule has 0 saturated heterocycles. The van der Waals surface area contributed by atoms with E-state index >= 15 is 0 Å². The summed E-state index contributed by atoms with van der Waals surface area (Å²) in [4.78, 5) is 10.5. The minimum Gasteiger partial charge on any atom is -0.478 e. The first-order chi connectivity index (χ1) is 7.54. The topological polar surface area (TPSA) is 57.5 Å². The zero-order valence-corrected chi connectivity index (χ0v) is 9.47. The van der Waals surface area contributed by atoms with Gasteiger partial charge in [0, 0.05) is 6.08 Å². The Bertz CT molecular complexity index is 388. The van der Waals surface area contributed by atoms with Gasteiger partial charge in [-0.15, -0.1) is 0 Å². The second kappa shape index (κ2) is 5.47. The van der Waals surface area contributed by atoms with Crippen molar-refractivity contribution in [2.45, 2.75) is 19.8 Å². The SMILES string of the molecule is CC(C)c1ccc(/C(=C/C(=O)O)CO)cc1. The summed E-state index contributed by atoms with van der Waals surface area (Å²) in [7, 11) is 0. The Morgan fingerprint density at radius 2 is 1.88 bits per heavy atom. The Hall–Kier alpha value is -1.61. The van der Waals surface area contributed by atoms with Gasteiger partial charge in [-0.3, -0.25) is 0 Å². The molecule has 0 fully saturated rings. The van der Waals surface area contributed by atoms with Gasteiger partial charge in [0.1, 0.15) is 0 Å². The van der Waals surface area contributed by atoms with Crippen molar-refractivity contribution in [1.29, 1.82) is 0 Å². The molecule has 1 rings (SSSR count). The number of carbonyl (C=O) groups is 1. The molecule has 3 nitrogen and oxygen atoms in total. The van der Waals surface area contributed by atoms with Crippen LogP contribution in [-0.2, 0) is 4.79 Å². The number of hydrogen-bond donors (Lipinski definition) is 2. The van der Waals surface area contributed by atoms with Gasteiger partial charge in [0.25, 0.3) is 0 Å². The average molecular weight is 220 g/mol. The van der Waals surface area contributed by atoms with Crippen molar-refractivity contribution < 1.29 is 15.0 Å². The predicted octanol–water partition coefficient (Wildman–Crippen LogP) is 2.27. The molecule has 0 amide bonds. The third-order valence-electron chi connectivity index (χ3n) is 2.42. The zero-order chi connectivity index (χ0) is 12.1. The molecule has 0 aromatic heterocycles. The van der Waals surface area contributed by atoms with Crippen molar-refractivity contribution >= 4 is 11.5 Å². The number of carboxylic acids is 1. The standard InChI is InChI=1S/C13H16O3/c1-9(2)10-3-5-11(6-4-10)12(8-14)7-13(15)16/h3-7,9,14H,8H2,1-2H3,(H,15,16)/b12-7+. The van der Waals surface area contributed by atoms with Crippen LogP contribution in [-0.4, -0.2) is 22.8 Å². The molecular formula is C13H16O3. The van der Waals surface area contributed by atoms with Crippen molar-refractivity contribution in [3.05, 3.63) is 41.5 Å². The molecule has 0 atom stereocenters. The van der Waals surface area contributed by atoms with Gasteiger partial charge < -0.3 is 10.2 Å². The molecule has 0 unspecified atom stereocenters. The first kappa shape index (κ1) is 12.5. The predicted molar refractivity (Wildman–Crippen MR) is 63.2 cm³/mol. The molecular weight excluding hydrogens is 204 g/mol. The van der Waals surface area contributed by atoms with E-state index < -0.39 is 5.97 Å². The lowest BCUT2D eigenvalue weighted by Crippen LogP contribution is -1.97. The Labute approximate surface area is 95.0 Å². The third-order valence-corrected chi connectivity index (χ3v) is 2.42. The van der Waals surface area contributed by atoms with Gasteiger partial charge in [0.05, 0.1) is 6.61 Å². The van der Waals surface area contributed by atoms with Gasteiger partial charge in [-0.05, 0) is 22.6 Å². The van der Waals surface area contributed by atoms with Crippen molar-refractivity contribution in [3.63, 3.8) is 0 Å². The van der Waals surface area contributed by atoms with E-state index in [1.54, 1.807) is 0 Å². The number of benzene rings is 1. The highest BCUT2D eigenvalue weighted by atomic mass is 16.4. The van der Waals surface area contributed by atoms with Gasteiger partial charge >= 0.3 is 5.97 Å². The van der Waals surface area contributed by atoms with Crippen LogP contribution in [0.5, 0.6) is 0 Å². The van der Waals surface area contributed by atoms with E-state index in [1.165, 1.54) is 5.56 Å². The van der Waals surface area contributed by atoms with E-state index in [0.717, 1.165) is 11.6 Å². The summed E-state index contributed by atoms with van der Waals surface area (Å²) >= 11 is 0. The first-order valence-electron chi connectivity index (χ1n) is 5.19. The fourth-order valence-corrected chi connectivity index (χ4v) is 1.45. The monoisotopic (exact) mass is 220 g/mol. The van der Waals surface area contributed by atoms with E-state index in [4.69, 9.17) is 10.2 Å². The van der Waals surface area contributed by atoms with Crippen LogP contribution >= 0.6 is 0 Å². The van der Waals surface area contributed by atoms with Gasteiger partial charge in [0.15, 0.2) is 0 Å². The summed E-state index contributed by atoms with van der Waals surface area (Å²) in [5.74, 6) is -0.605. The number of hydrogen-bond acceptors (Lipinski definition) is 2. The van der Waals surface area contributed by atoms with E-state index in [2.05, 4.69) is 13.8 Å². The van der Waals surface area contributed by atoms with Crippen LogP contribution in [0.4, 0.5) is 0 Å². The summed E-state index contributed by atoms with van der Waals surface area (Å²) in [5.41, 5.74) is 2.36. The van der Waals surface area contributed by atoms with E-state index in [-0.39, 0.29) is 6.61 Å².